The second kappa shape index (κ2) is 8.32. The van der Waals surface area contributed by atoms with Crippen LogP contribution in [-0.2, 0) is 12.3 Å². The van der Waals surface area contributed by atoms with E-state index in [1.807, 2.05) is 0 Å². The van der Waals surface area contributed by atoms with Crippen molar-refractivity contribution in [2.75, 3.05) is 40.3 Å². The van der Waals surface area contributed by atoms with E-state index in [0.717, 1.165) is 18.0 Å². The minimum Gasteiger partial charge on any atom is -0.306 e. The fourth-order valence-corrected chi connectivity index (χ4v) is 3.96. The van der Waals surface area contributed by atoms with Gasteiger partial charge in [-0.1, -0.05) is 0 Å². The Morgan fingerprint density at radius 3 is 3.00 bits per heavy atom. The zero-order valence-electron chi connectivity index (χ0n) is 12.6. The molecule has 0 spiro atoms. The average Bonchev–Trinajstić information content (AvgIpc) is 3.04. The lowest BCUT2D eigenvalue weighted by molar-refractivity contribution is 0.269. The van der Waals surface area contributed by atoms with Crippen molar-refractivity contribution in [2.24, 2.45) is 5.92 Å². The smallest absolute Gasteiger partial charge is 0.0928 e. The molecule has 2 heterocycles. The number of aryl methyl sites for hydroxylation is 1. The van der Waals surface area contributed by atoms with Crippen molar-refractivity contribution in [3.8, 4) is 0 Å². The topological polar surface area (TPSA) is 19.4 Å². The first-order valence-electron chi connectivity index (χ1n) is 7.53. The molecule has 0 bridgehead atoms. The molecule has 0 saturated carbocycles. The van der Waals surface area contributed by atoms with E-state index in [-0.39, 0.29) is 0 Å². The van der Waals surface area contributed by atoms with E-state index < -0.39 is 0 Å². The molecule has 20 heavy (non-hydrogen) atoms. The lowest BCUT2D eigenvalue weighted by atomic mass is 10.1. The molecular formula is C15H26ClN3S. The molecule has 0 radical (unpaired) electrons. The van der Waals surface area contributed by atoms with Crippen LogP contribution in [0.2, 0.25) is 0 Å². The van der Waals surface area contributed by atoms with Gasteiger partial charge in [0.05, 0.1) is 16.6 Å². The van der Waals surface area contributed by atoms with Crippen LogP contribution in [0.4, 0.5) is 0 Å². The van der Waals surface area contributed by atoms with Gasteiger partial charge in [0.1, 0.15) is 0 Å². The molecule has 1 aromatic rings. The molecule has 2 rings (SSSR count). The minimum atomic E-state index is 0.537. The summed E-state index contributed by atoms with van der Waals surface area (Å²) < 4.78 is 0. The Labute approximate surface area is 131 Å². The highest BCUT2D eigenvalue weighted by Crippen LogP contribution is 2.16. The molecule has 1 unspecified atom stereocenters. The fraction of sp³-hybridized carbons (Fsp3) is 0.800. The largest absolute Gasteiger partial charge is 0.306 e. The molecule has 0 aliphatic carbocycles. The fourth-order valence-electron chi connectivity index (χ4n) is 2.89. The number of rotatable bonds is 8. The maximum absolute atomic E-state index is 5.77. The van der Waals surface area contributed by atoms with Crippen LogP contribution in [0.25, 0.3) is 0 Å². The minimum absolute atomic E-state index is 0.537. The summed E-state index contributed by atoms with van der Waals surface area (Å²) in [7, 11) is 4.48. The van der Waals surface area contributed by atoms with Crippen molar-refractivity contribution >= 4 is 22.9 Å². The monoisotopic (exact) mass is 315 g/mol. The van der Waals surface area contributed by atoms with Crippen LogP contribution in [0.5, 0.6) is 0 Å². The van der Waals surface area contributed by atoms with Gasteiger partial charge in [-0.15, -0.1) is 22.9 Å². The van der Waals surface area contributed by atoms with Crippen molar-refractivity contribution < 1.29 is 0 Å². The molecular weight excluding hydrogens is 290 g/mol. The van der Waals surface area contributed by atoms with Gasteiger partial charge in [0.25, 0.3) is 0 Å². The van der Waals surface area contributed by atoms with Crippen LogP contribution >= 0.6 is 22.9 Å². The SMILES string of the molecule is CN(CCCCc1nc(CCl)cs1)CC1CCN(C)C1. The van der Waals surface area contributed by atoms with Gasteiger partial charge in [-0.2, -0.15) is 0 Å². The van der Waals surface area contributed by atoms with E-state index in [4.69, 9.17) is 11.6 Å². The number of unbranched alkanes of at least 4 members (excludes halogenated alkanes) is 1. The van der Waals surface area contributed by atoms with Crippen LogP contribution in [0, 0.1) is 5.92 Å². The summed E-state index contributed by atoms with van der Waals surface area (Å²) in [6.45, 7) is 4.99. The number of aromatic nitrogens is 1. The van der Waals surface area contributed by atoms with Crippen molar-refractivity contribution in [2.45, 2.75) is 31.6 Å². The van der Waals surface area contributed by atoms with Gasteiger partial charge in [0.2, 0.25) is 0 Å². The molecule has 5 heteroatoms. The third-order valence-corrected chi connectivity index (χ3v) is 5.21. The number of hydrogen-bond donors (Lipinski definition) is 0. The highest BCUT2D eigenvalue weighted by atomic mass is 35.5. The molecule has 1 atom stereocenters. The second-order valence-electron chi connectivity index (χ2n) is 6.00. The van der Waals surface area contributed by atoms with Gasteiger partial charge < -0.3 is 9.80 Å². The zero-order valence-corrected chi connectivity index (χ0v) is 14.2. The first kappa shape index (κ1) is 16.2. The summed E-state index contributed by atoms with van der Waals surface area (Å²) in [4.78, 5) is 9.44. The lowest BCUT2D eigenvalue weighted by Gasteiger charge is -2.20. The zero-order chi connectivity index (χ0) is 14.4. The van der Waals surface area contributed by atoms with Crippen LogP contribution in [0.1, 0.15) is 30.0 Å². The predicted molar refractivity (Wildman–Crippen MR) is 87.7 cm³/mol. The third kappa shape index (κ3) is 5.32. The number of nitrogens with zero attached hydrogens (tertiary/aromatic N) is 3. The number of hydrogen-bond acceptors (Lipinski definition) is 4. The Bertz CT molecular complexity index is 396. The molecule has 1 aromatic heterocycles. The van der Waals surface area contributed by atoms with Gasteiger partial charge >= 0.3 is 0 Å². The van der Waals surface area contributed by atoms with Crippen molar-refractivity contribution in [3.05, 3.63) is 16.1 Å². The first-order valence-corrected chi connectivity index (χ1v) is 8.95. The molecule has 0 N–H and O–H groups in total. The third-order valence-electron chi connectivity index (χ3n) is 3.98. The van der Waals surface area contributed by atoms with E-state index in [1.165, 1.54) is 50.4 Å². The molecule has 1 aliphatic heterocycles. The maximum Gasteiger partial charge on any atom is 0.0928 e. The highest BCUT2D eigenvalue weighted by molar-refractivity contribution is 7.09. The Morgan fingerprint density at radius 1 is 1.50 bits per heavy atom. The highest BCUT2D eigenvalue weighted by Gasteiger charge is 2.20. The predicted octanol–water partition coefficient (Wildman–Crippen LogP) is 3.09. The number of thiazole rings is 1. The summed E-state index contributed by atoms with van der Waals surface area (Å²) in [5, 5.41) is 3.31. The Kier molecular flexibility index (Phi) is 6.75. The van der Waals surface area contributed by atoms with Crippen molar-refractivity contribution in [1.82, 2.24) is 14.8 Å². The average molecular weight is 316 g/mol. The summed E-state index contributed by atoms with van der Waals surface area (Å²) in [6, 6.07) is 0. The second-order valence-corrected chi connectivity index (χ2v) is 7.21. The summed E-state index contributed by atoms with van der Waals surface area (Å²) in [5.41, 5.74) is 1.02. The molecule has 114 valence electrons. The molecule has 1 aliphatic rings. The Morgan fingerprint density at radius 2 is 2.35 bits per heavy atom. The molecule has 0 aromatic carbocycles. The molecule has 0 amide bonds. The normalized spacial score (nSPS) is 20.1. The Hall–Kier alpha value is -0.160. The summed E-state index contributed by atoms with van der Waals surface area (Å²) >= 11 is 7.51. The van der Waals surface area contributed by atoms with Gasteiger partial charge in [-0.05, 0) is 58.8 Å². The van der Waals surface area contributed by atoms with E-state index in [2.05, 4.69) is 34.3 Å². The number of halogens is 1. The quantitative estimate of drug-likeness (QED) is 0.543. The van der Waals surface area contributed by atoms with Gasteiger partial charge in [-0.25, -0.2) is 4.98 Å². The van der Waals surface area contributed by atoms with Crippen LogP contribution in [-0.4, -0.2) is 55.1 Å². The molecule has 1 saturated heterocycles. The summed E-state index contributed by atoms with van der Waals surface area (Å²) in [5.74, 6) is 1.41. The van der Waals surface area contributed by atoms with Crippen LogP contribution < -0.4 is 0 Å². The number of likely N-dealkylation sites (tertiary alicyclic amines) is 1. The van der Waals surface area contributed by atoms with E-state index in [0.29, 0.717) is 5.88 Å². The van der Waals surface area contributed by atoms with Crippen molar-refractivity contribution in [3.63, 3.8) is 0 Å². The first-order chi connectivity index (χ1) is 9.67. The lowest BCUT2D eigenvalue weighted by Crippen LogP contribution is -2.28. The Balaban J connectivity index is 1.56. The molecule has 1 fully saturated rings. The number of alkyl halides is 1. The van der Waals surface area contributed by atoms with E-state index in [9.17, 15) is 0 Å². The summed E-state index contributed by atoms with van der Waals surface area (Å²) in [6.07, 6.45) is 4.95. The van der Waals surface area contributed by atoms with Gasteiger partial charge in [0, 0.05) is 18.5 Å². The van der Waals surface area contributed by atoms with E-state index >= 15 is 0 Å². The van der Waals surface area contributed by atoms with Gasteiger partial charge in [-0.3, -0.25) is 0 Å². The maximum atomic E-state index is 5.77. The van der Waals surface area contributed by atoms with E-state index in [1.54, 1.807) is 11.3 Å². The van der Waals surface area contributed by atoms with Gasteiger partial charge in [0.15, 0.2) is 0 Å². The molecule has 3 nitrogen and oxygen atoms in total. The van der Waals surface area contributed by atoms with Crippen LogP contribution in [0.3, 0.4) is 0 Å². The van der Waals surface area contributed by atoms with Crippen molar-refractivity contribution in [1.29, 1.82) is 0 Å². The standard InChI is InChI=1S/C15H26ClN3S/c1-18(10-13-6-8-19(2)11-13)7-4-3-5-15-17-14(9-16)12-20-15/h12-13H,3-11H2,1-2H3. The van der Waals surface area contributed by atoms with Crippen LogP contribution in [0.15, 0.2) is 5.38 Å².